The third kappa shape index (κ3) is 10.7. The van der Waals surface area contributed by atoms with Crippen molar-refractivity contribution in [3.63, 3.8) is 0 Å². The third-order valence-electron chi connectivity index (χ3n) is 6.96. The van der Waals surface area contributed by atoms with Gasteiger partial charge in [-0.3, -0.25) is 35.3 Å². The third-order valence-corrected chi connectivity index (χ3v) is 6.96. The Hall–Kier alpha value is -7.07. The number of hydrogen-bond acceptors (Lipinski definition) is 12. The highest BCUT2D eigenvalue weighted by atomic mass is 35.5. The van der Waals surface area contributed by atoms with Gasteiger partial charge in [0.05, 0.1) is 22.8 Å². The summed E-state index contributed by atoms with van der Waals surface area (Å²) in [5.41, 5.74) is 10.8. The summed E-state index contributed by atoms with van der Waals surface area (Å²) >= 11 is 0. The molecule has 0 bridgehead atoms. The number of rotatable bonds is 8. The monoisotopic (exact) mass is 729 g/mol. The van der Waals surface area contributed by atoms with Crippen molar-refractivity contribution >= 4 is 11.6 Å². The highest BCUT2D eigenvalue weighted by Gasteiger charge is 2.14. The van der Waals surface area contributed by atoms with Crippen molar-refractivity contribution in [2.24, 2.45) is 19.8 Å². The Labute approximate surface area is 311 Å². The molecule has 0 spiro atoms. The molecule has 0 aliphatic heterocycles. The van der Waals surface area contributed by atoms with E-state index in [1.54, 1.807) is 96.6 Å². The molecule has 0 aliphatic rings. The van der Waals surface area contributed by atoms with Crippen LogP contribution in [0.5, 0.6) is 0 Å². The van der Waals surface area contributed by atoms with Gasteiger partial charge in [-0.2, -0.15) is 10.2 Å². The fraction of sp³-hybridized carbons (Fsp3) is 0.111. The fourth-order valence-electron chi connectivity index (χ4n) is 4.49. The molecule has 0 aliphatic carbocycles. The van der Waals surface area contributed by atoms with Gasteiger partial charge in [0.25, 0.3) is 0 Å². The van der Waals surface area contributed by atoms with E-state index in [4.69, 9.17) is 11.1 Å². The molecule has 268 valence electrons. The van der Waals surface area contributed by atoms with Crippen molar-refractivity contribution in [2.75, 3.05) is 14.1 Å². The van der Waals surface area contributed by atoms with Crippen LogP contribution in [0.15, 0.2) is 123 Å². The number of aromatic nitrogens is 12. The first-order chi connectivity index (χ1) is 25.2. The van der Waals surface area contributed by atoms with Crippen LogP contribution in [0.2, 0.25) is 0 Å². The van der Waals surface area contributed by atoms with Crippen LogP contribution in [-0.2, 0) is 14.1 Å². The molecule has 0 saturated carbocycles. The number of carbonyl (C=O) groups is 1. The van der Waals surface area contributed by atoms with Crippen LogP contribution in [0, 0.1) is 0 Å². The van der Waals surface area contributed by atoms with Crippen molar-refractivity contribution in [2.45, 2.75) is 0 Å². The molecule has 7 aromatic heterocycles. The standard InChI is InChI=1S/C17H13N7.C14H16N4O.C5H6N4.ClH/c1-24-15(10-14(23-24)12-4-2-6-18-11-12)13-5-9-21-17(22-13)16-19-7-3-8-20-16;1-17(2)8-6-14(19)13-9-12(16-18(13)3)11-5-4-7-15-10-11;6-4(7)5-8-2-1-3-9-5;/h2-11H,1H3;4-10H,1-3H3;1-3H,(H3,6,7);1H/b;8-6+;;. The first-order valence-corrected chi connectivity index (χ1v) is 15.7. The van der Waals surface area contributed by atoms with Gasteiger partial charge in [0.2, 0.25) is 11.6 Å². The summed E-state index contributed by atoms with van der Waals surface area (Å²) in [5.74, 6) is 1.44. The molecule has 7 aromatic rings. The molecule has 0 saturated heterocycles. The minimum Gasteiger partial charge on any atom is -1.00 e. The first kappa shape index (κ1) is 38.7. The van der Waals surface area contributed by atoms with E-state index in [0.717, 1.165) is 33.9 Å². The Kier molecular flexibility index (Phi) is 13.7. The Morgan fingerprint density at radius 2 is 1.28 bits per heavy atom. The average Bonchev–Trinajstić information content (AvgIpc) is 3.78. The van der Waals surface area contributed by atoms with Gasteiger partial charge in [-0.25, -0.2) is 29.9 Å². The molecule has 0 aromatic carbocycles. The number of carbonyl (C=O) groups excluding carboxylic acids is 1. The van der Waals surface area contributed by atoms with Crippen LogP contribution >= 0.6 is 0 Å². The topological polar surface area (TPSA) is 211 Å². The number of ketones is 1. The number of nitrogens with zero attached hydrogens (tertiary/aromatic N) is 13. The summed E-state index contributed by atoms with van der Waals surface area (Å²) < 4.78 is 3.38. The van der Waals surface area contributed by atoms with Crippen LogP contribution in [0.3, 0.4) is 0 Å². The SMILES string of the molecule is CN(C)/C=C/C(=O)c1cc(-c2cccnc2)nn1C.Cn1nc(-c2cccnc2)cc1-c1ccnc(-c2ncccn2)n1.NC(=[NH2+])c1ncccn1.[Cl-]. The molecule has 0 unspecified atom stereocenters. The summed E-state index contributed by atoms with van der Waals surface area (Å²) in [6, 6.07) is 16.7. The summed E-state index contributed by atoms with van der Waals surface area (Å²) in [6.07, 6.45) is 18.4. The lowest BCUT2D eigenvalue weighted by Crippen LogP contribution is -3.00. The number of aryl methyl sites for hydroxylation is 2. The second kappa shape index (κ2) is 18.8. The number of hydrogen-bond donors (Lipinski definition) is 2. The molecule has 0 radical (unpaired) electrons. The van der Waals surface area contributed by atoms with Crippen molar-refractivity contribution < 1.29 is 22.6 Å². The van der Waals surface area contributed by atoms with Crippen molar-refractivity contribution in [1.82, 2.24) is 64.3 Å². The predicted molar refractivity (Wildman–Crippen MR) is 194 cm³/mol. The average molecular weight is 730 g/mol. The van der Waals surface area contributed by atoms with Gasteiger partial charge in [0.15, 0.2) is 11.6 Å². The Balaban J connectivity index is 0.000000193. The number of amidine groups is 1. The van der Waals surface area contributed by atoms with Gasteiger partial charge in [0.1, 0.15) is 5.69 Å². The van der Waals surface area contributed by atoms with E-state index >= 15 is 0 Å². The summed E-state index contributed by atoms with van der Waals surface area (Å²) in [5, 5.41) is 14.1. The zero-order valence-electron chi connectivity index (χ0n) is 29.3. The van der Waals surface area contributed by atoms with E-state index in [1.807, 2.05) is 62.4 Å². The van der Waals surface area contributed by atoms with Crippen molar-refractivity contribution in [1.29, 1.82) is 0 Å². The molecule has 0 amide bonds. The van der Waals surface area contributed by atoms with Crippen molar-refractivity contribution in [3.05, 3.63) is 134 Å². The largest absolute Gasteiger partial charge is 1.00 e. The molecule has 17 heteroatoms. The lowest BCUT2D eigenvalue weighted by Gasteiger charge is -2.02. The molecular weight excluding hydrogens is 694 g/mol. The van der Waals surface area contributed by atoms with Gasteiger partial charge in [-0.05, 0) is 54.6 Å². The van der Waals surface area contributed by atoms with E-state index in [1.165, 1.54) is 6.08 Å². The molecule has 0 fully saturated rings. The lowest BCUT2D eigenvalue weighted by molar-refractivity contribution is -0.114. The molecule has 16 nitrogen and oxygen atoms in total. The van der Waals surface area contributed by atoms with Gasteiger partial charge in [-0.15, -0.1) is 0 Å². The predicted octanol–water partition coefficient (Wildman–Crippen LogP) is -0.919. The molecule has 53 heavy (non-hydrogen) atoms. The molecule has 4 N–H and O–H groups in total. The Bertz CT molecular complexity index is 2240. The lowest BCUT2D eigenvalue weighted by atomic mass is 10.2. The van der Waals surface area contributed by atoms with Crippen LogP contribution < -0.4 is 23.5 Å². The van der Waals surface area contributed by atoms with Crippen LogP contribution in [-0.4, -0.2) is 90.0 Å². The normalized spacial score (nSPS) is 10.3. The molecule has 7 rings (SSSR count). The van der Waals surface area contributed by atoms with E-state index in [-0.39, 0.29) is 24.0 Å². The quantitative estimate of drug-likeness (QED) is 0.0840. The number of pyridine rings is 2. The summed E-state index contributed by atoms with van der Waals surface area (Å²) in [7, 11) is 7.38. The smallest absolute Gasteiger partial charge is 0.309 e. The van der Waals surface area contributed by atoms with Gasteiger partial charge >= 0.3 is 5.84 Å². The van der Waals surface area contributed by atoms with E-state index in [0.29, 0.717) is 23.2 Å². The molecular formula is C36H36ClN15O. The van der Waals surface area contributed by atoms with Crippen LogP contribution in [0.4, 0.5) is 0 Å². The van der Waals surface area contributed by atoms with E-state index < -0.39 is 0 Å². The summed E-state index contributed by atoms with van der Waals surface area (Å²) in [6.45, 7) is 0. The highest BCUT2D eigenvalue weighted by molar-refractivity contribution is 6.03. The van der Waals surface area contributed by atoms with Crippen LogP contribution in [0.1, 0.15) is 16.3 Å². The zero-order chi connectivity index (χ0) is 36.9. The maximum Gasteiger partial charge on any atom is 0.309 e. The summed E-state index contributed by atoms with van der Waals surface area (Å²) in [4.78, 5) is 46.8. The Morgan fingerprint density at radius 3 is 1.83 bits per heavy atom. The second-order valence-corrected chi connectivity index (χ2v) is 11.1. The van der Waals surface area contributed by atoms with Gasteiger partial charge in [0, 0.05) is 107 Å². The van der Waals surface area contributed by atoms with E-state index in [9.17, 15) is 4.79 Å². The van der Waals surface area contributed by atoms with Gasteiger partial charge in [-0.1, -0.05) is 0 Å². The minimum absolute atomic E-state index is 0. The maximum atomic E-state index is 12.0. The van der Waals surface area contributed by atoms with Crippen LogP contribution in [0.25, 0.3) is 45.6 Å². The molecule has 7 heterocycles. The first-order valence-electron chi connectivity index (χ1n) is 15.7. The number of nitrogens with two attached hydrogens (primary N) is 2. The maximum absolute atomic E-state index is 12.0. The zero-order valence-corrected chi connectivity index (χ0v) is 30.1. The minimum atomic E-state index is -0.0705. The second-order valence-electron chi connectivity index (χ2n) is 11.1. The fourth-order valence-corrected chi connectivity index (χ4v) is 4.49. The number of allylic oxidation sites excluding steroid dienone is 1. The van der Waals surface area contributed by atoms with Crippen molar-refractivity contribution in [3.8, 4) is 45.6 Å². The van der Waals surface area contributed by atoms with E-state index in [2.05, 4.69) is 50.1 Å². The number of halogens is 1. The Morgan fingerprint density at radius 1 is 0.717 bits per heavy atom. The van der Waals surface area contributed by atoms with Gasteiger partial charge < -0.3 is 17.3 Å². The molecule has 0 atom stereocenters. The highest BCUT2D eigenvalue weighted by Crippen LogP contribution is 2.24.